The maximum absolute atomic E-state index is 14.4. The molecule has 0 bridgehead atoms. The second kappa shape index (κ2) is 8.10. The molecule has 3 N–H and O–H groups in total. The standard InChI is InChI=1S/C22H18F2N4O/c23-15-1-3-17-18(22(29)28-21(17)11-15)13-27-16-2-4-20(19(24)12-16)26-10-7-14-5-8-25-9-6-14/h1-6,8-9,11-13,26-27H,7,10H2,(H,28,29)/b18-13+. The van der Waals surface area contributed by atoms with E-state index in [2.05, 4.69) is 20.9 Å². The number of carbonyl (C=O) groups is 1. The summed E-state index contributed by atoms with van der Waals surface area (Å²) >= 11 is 0. The number of anilines is 3. The van der Waals surface area contributed by atoms with Gasteiger partial charge in [0.05, 0.1) is 16.9 Å². The van der Waals surface area contributed by atoms with Gasteiger partial charge in [-0.05, 0) is 60.5 Å². The molecular formula is C22H18F2N4O. The summed E-state index contributed by atoms with van der Waals surface area (Å²) in [6.07, 6.45) is 5.70. The highest BCUT2D eigenvalue weighted by atomic mass is 19.1. The molecule has 1 amide bonds. The van der Waals surface area contributed by atoms with Crippen LogP contribution in [0.3, 0.4) is 0 Å². The van der Waals surface area contributed by atoms with E-state index in [4.69, 9.17) is 0 Å². The molecule has 0 atom stereocenters. The molecule has 0 saturated heterocycles. The fraction of sp³-hybridized carbons (Fsp3) is 0.0909. The molecule has 1 aromatic heterocycles. The molecule has 2 aromatic carbocycles. The van der Waals surface area contributed by atoms with Gasteiger partial charge in [-0.1, -0.05) is 0 Å². The van der Waals surface area contributed by atoms with Crippen LogP contribution in [0.15, 0.2) is 67.1 Å². The van der Waals surface area contributed by atoms with Gasteiger partial charge in [0.25, 0.3) is 5.91 Å². The predicted molar refractivity (Wildman–Crippen MR) is 109 cm³/mol. The Morgan fingerprint density at radius 2 is 1.86 bits per heavy atom. The van der Waals surface area contributed by atoms with Crippen LogP contribution in [0, 0.1) is 11.6 Å². The van der Waals surface area contributed by atoms with E-state index in [0.29, 0.717) is 34.7 Å². The van der Waals surface area contributed by atoms with Crippen LogP contribution in [0.5, 0.6) is 0 Å². The van der Waals surface area contributed by atoms with E-state index in [9.17, 15) is 13.6 Å². The van der Waals surface area contributed by atoms with Crippen LogP contribution in [0.2, 0.25) is 0 Å². The summed E-state index contributed by atoms with van der Waals surface area (Å²) in [7, 11) is 0. The van der Waals surface area contributed by atoms with Crippen molar-refractivity contribution in [1.82, 2.24) is 4.98 Å². The lowest BCUT2D eigenvalue weighted by atomic mass is 10.1. The second-order valence-corrected chi connectivity index (χ2v) is 6.57. The Hall–Kier alpha value is -3.74. The first-order chi connectivity index (χ1) is 14.1. The molecule has 0 unspecified atom stereocenters. The minimum absolute atomic E-state index is 0.340. The van der Waals surface area contributed by atoms with Crippen molar-refractivity contribution in [1.29, 1.82) is 0 Å². The van der Waals surface area contributed by atoms with Crippen molar-refractivity contribution in [2.24, 2.45) is 0 Å². The van der Waals surface area contributed by atoms with E-state index in [1.807, 2.05) is 12.1 Å². The zero-order chi connectivity index (χ0) is 20.2. The predicted octanol–water partition coefficient (Wildman–Crippen LogP) is 4.42. The number of nitrogens with zero attached hydrogens (tertiary/aromatic N) is 1. The zero-order valence-electron chi connectivity index (χ0n) is 15.4. The number of fused-ring (bicyclic) bond motifs is 1. The van der Waals surface area contributed by atoms with Gasteiger partial charge in [-0.25, -0.2) is 8.78 Å². The molecule has 0 radical (unpaired) electrons. The SMILES string of the molecule is O=C1Nc2cc(F)ccc2/C1=C\Nc1ccc(NCCc2ccncc2)c(F)c1. The van der Waals surface area contributed by atoms with Crippen LogP contribution >= 0.6 is 0 Å². The van der Waals surface area contributed by atoms with Gasteiger partial charge in [-0.2, -0.15) is 0 Å². The molecule has 2 heterocycles. The molecule has 1 aliphatic rings. The van der Waals surface area contributed by atoms with E-state index in [0.717, 1.165) is 12.0 Å². The first-order valence-electron chi connectivity index (χ1n) is 9.10. The molecule has 146 valence electrons. The summed E-state index contributed by atoms with van der Waals surface area (Å²) in [6.45, 7) is 0.589. The first kappa shape index (κ1) is 18.6. The second-order valence-electron chi connectivity index (χ2n) is 6.57. The Morgan fingerprint density at radius 3 is 2.66 bits per heavy atom. The normalized spacial score (nSPS) is 13.9. The van der Waals surface area contributed by atoms with Crippen molar-refractivity contribution < 1.29 is 13.6 Å². The number of carbonyl (C=O) groups excluding carboxylic acids is 1. The van der Waals surface area contributed by atoms with Crippen molar-refractivity contribution >= 4 is 28.5 Å². The van der Waals surface area contributed by atoms with Gasteiger partial charge in [0, 0.05) is 36.4 Å². The Morgan fingerprint density at radius 1 is 1.03 bits per heavy atom. The molecule has 7 heteroatoms. The third-order valence-corrected chi connectivity index (χ3v) is 4.60. The topological polar surface area (TPSA) is 66.1 Å². The van der Waals surface area contributed by atoms with E-state index in [1.165, 1.54) is 30.5 Å². The molecule has 4 rings (SSSR count). The van der Waals surface area contributed by atoms with Gasteiger partial charge in [0.2, 0.25) is 0 Å². The third-order valence-electron chi connectivity index (χ3n) is 4.60. The lowest BCUT2D eigenvalue weighted by molar-refractivity contribution is -0.110. The Kier molecular flexibility index (Phi) is 5.20. The van der Waals surface area contributed by atoms with Gasteiger partial charge in [0.15, 0.2) is 0 Å². The van der Waals surface area contributed by atoms with Gasteiger partial charge >= 0.3 is 0 Å². The molecule has 29 heavy (non-hydrogen) atoms. The number of benzene rings is 2. The molecule has 0 aliphatic carbocycles. The monoisotopic (exact) mass is 392 g/mol. The van der Waals surface area contributed by atoms with Crippen molar-refractivity contribution in [2.45, 2.75) is 6.42 Å². The number of halogens is 2. The number of rotatable bonds is 6. The summed E-state index contributed by atoms with van der Waals surface area (Å²) in [5, 5.41) is 8.61. The summed E-state index contributed by atoms with van der Waals surface area (Å²) in [6, 6.07) is 12.6. The fourth-order valence-electron chi connectivity index (χ4n) is 3.10. The zero-order valence-corrected chi connectivity index (χ0v) is 15.4. The van der Waals surface area contributed by atoms with Crippen LogP contribution in [0.25, 0.3) is 5.57 Å². The van der Waals surface area contributed by atoms with E-state index in [-0.39, 0.29) is 5.91 Å². The van der Waals surface area contributed by atoms with Gasteiger partial charge in [-0.15, -0.1) is 0 Å². The summed E-state index contributed by atoms with van der Waals surface area (Å²) < 4.78 is 27.7. The highest BCUT2D eigenvalue weighted by Crippen LogP contribution is 2.32. The average molecular weight is 392 g/mol. The van der Waals surface area contributed by atoms with Crippen molar-refractivity contribution in [2.75, 3.05) is 22.5 Å². The maximum atomic E-state index is 14.4. The Bertz CT molecular complexity index is 1080. The highest BCUT2D eigenvalue weighted by molar-refractivity contribution is 6.31. The van der Waals surface area contributed by atoms with E-state index < -0.39 is 11.6 Å². The van der Waals surface area contributed by atoms with Gasteiger partial charge in [-0.3, -0.25) is 9.78 Å². The molecular weight excluding hydrogens is 374 g/mol. The summed E-state index contributed by atoms with van der Waals surface area (Å²) in [4.78, 5) is 16.1. The molecule has 0 saturated carbocycles. The third kappa shape index (κ3) is 4.24. The number of pyridine rings is 1. The molecule has 3 aromatic rings. The fourth-order valence-corrected chi connectivity index (χ4v) is 3.10. The largest absolute Gasteiger partial charge is 0.382 e. The maximum Gasteiger partial charge on any atom is 0.257 e. The van der Waals surface area contributed by atoms with Gasteiger partial charge < -0.3 is 16.0 Å². The quantitative estimate of drug-likeness (QED) is 0.544. The number of hydrogen-bond donors (Lipinski definition) is 3. The van der Waals surface area contributed by atoms with Crippen molar-refractivity contribution in [3.05, 3.63) is 89.9 Å². The van der Waals surface area contributed by atoms with E-state index in [1.54, 1.807) is 24.5 Å². The Balaban J connectivity index is 1.41. The van der Waals surface area contributed by atoms with Crippen LogP contribution < -0.4 is 16.0 Å². The lowest BCUT2D eigenvalue weighted by Gasteiger charge is -2.09. The minimum Gasteiger partial charge on any atom is -0.382 e. The van der Waals surface area contributed by atoms with E-state index >= 15 is 0 Å². The van der Waals surface area contributed by atoms with Crippen LogP contribution in [-0.4, -0.2) is 17.4 Å². The van der Waals surface area contributed by atoms with Gasteiger partial charge in [0.1, 0.15) is 11.6 Å². The number of hydrogen-bond acceptors (Lipinski definition) is 4. The summed E-state index contributed by atoms with van der Waals surface area (Å²) in [5.41, 5.74) is 3.39. The molecule has 0 fully saturated rings. The minimum atomic E-state index is -0.424. The molecule has 5 nitrogen and oxygen atoms in total. The van der Waals surface area contributed by atoms with Crippen molar-refractivity contribution in [3.8, 4) is 0 Å². The average Bonchev–Trinajstić information content (AvgIpc) is 3.02. The highest BCUT2D eigenvalue weighted by Gasteiger charge is 2.24. The summed E-state index contributed by atoms with van der Waals surface area (Å²) in [5.74, 6) is -1.17. The van der Waals surface area contributed by atoms with Crippen molar-refractivity contribution in [3.63, 3.8) is 0 Å². The first-order valence-corrected chi connectivity index (χ1v) is 9.10. The lowest BCUT2D eigenvalue weighted by Crippen LogP contribution is -2.07. The molecule has 0 spiro atoms. The number of nitrogens with one attached hydrogen (secondary N) is 3. The number of aromatic nitrogens is 1. The molecule has 1 aliphatic heterocycles. The number of amides is 1. The Labute approximate surface area is 166 Å². The van der Waals surface area contributed by atoms with Crippen LogP contribution in [0.1, 0.15) is 11.1 Å². The van der Waals surface area contributed by atoms with Crippen LogP contribution in [0.4, 0.5) is 25.8 Å². The smallest absolute Gasteiger partial charge is 0.257 e. The van der Waals surface area contributed by atoms with Crippen LogP contribution in [-0.2, 0) is 11.2 Å².